The van der Waals surface area contributed by atoms with Crippen molar-refractivity contribution in [1.29, 1.82) is 0 Å². The van der Waals surface area contributed by atoms with Crippen LogP contribution in [-0.4, -0.2) is 35.6 Å². The Morgan fingerprint density at radius 1 is 1.38 bits per heavy atom. The van der Waals surface area contributed by atoms with Gasteiger partial charge in [-0.25, -0.2) is 0 Å². The van der Waals surface area contributed by atoms with Gasteiger partial charge in [0.15, 0.2) is 0 Å². The fourth-order valence-electron chi connectivity index (χ4n) is 1.78. The molecule has 0 aliphatic carbocycles. The molecule has 1 rings (SSSR count). The Labute approximate surface area is 95.9 Å². The summed E-state index contributed by atoms with van der Waals surface area (Å²) < 4.78 is 5.41. The van der Waals surface area contributed by atoms with E-state index in [2.05, 4.69) is 0 Å². The van der Waals surface area contributed by atoms with E-state index < -0.39 is 6.10 Å². The number of carbonyl (C=O) groups is 1. The lowest BCUT2D eigenvalue weighted by atomic mass is 10.1. The first kappa shape index (κ1) is 12.8. The van der Waals surface area contributed by atoms with Gasteiger partial charge in [0, 0.05) is 19.2 Å². The molecule has 1 N–H and O–H groups in total. The van der Waals surface area contributed by atoms with Crippen molar-refractivity contribution < 1.29 is 14.3 Å². The number of furan rings is 1. The van der Waals surface area contributed by atoms with Gasteiger partial charge in [-0.3, -0.25) is 4.79 Å². The Hall–Kier alpha value is -1.29. The molecule has 1 unspecified atom stereocenters. The number of aliphatic hydroxyl groups is 1. The lowest BCUT2D eigenvalue weighted by Crippen LogP contribution is -2.33. The quantitative estimate of drug-likeness (QED) is 0.851. The first-order chi connectivity index (χ1) is 7.34. The molecule has 0 fully saturated rings. The van der Waals surface area contributed by atoms with E-state index in [9.17, 15) is 9.90 Å². The van der Waals surface area contributed by atoms with Crippen LogP contribution in [0, 0.1) is 20.8 Å². The number of amides is 1. The molecule has 0 spiro atoms. The van der Waals surface area contributed by atoms with E-state index in [1.54, 1.807) is 20.9 Å². The summed E-state index contributed by atoms with van der Waals surface area (Å²) in [5.74, 6) is 1.30. The van der Waals surface area contributed by atoms with Crippen LogP contribution in [0.15, 0.2) is 4.42 Å². The summed E-state index contributed by atoms with van der Waals surface area (Å²) in [5.41, 5.74) is 1.49. The maximum Gasteiger partial charge on any atom is 0.257 e. The van der Waals surface area contributed by atoms with Crippen LogP contribution in [0.2, 0.25) is 0 Å². The Kier molecular flexibility index (Phi) is 3.75. The molecule has 1 aromatic heterocycles. The van der Waals surface area contributed by atoms with Gasteiger partial charge < -0.3 is 14.4 Å². The number of aliphatic hydroxyl groups excluding tert-OH is 1. The number of hydrogen-bond donors (Lipinski definition) is 1. The normalized spacial score (nSPS) is 12.6. The molecule has 1 aromatic rings. The van der Waals surface area contributed by atoms with Crippen molar-refractivity contribution in [3.63, 3.8) is 0 Å². The monoisotopic (exact) mass is 225 g/mol. The predicted octanol–water partition coefficient (Wildman–Crippen LogP) is 1.66. The van der Waals surface area contributed by atoms with E-state index in [1.807, 2.05) is 13.8 Å². The third kappa shape index (κ3) is 2.44. The molecule has 0 saturated heterocycles. The number of hydrogen-bond acceptors (Lipinski definition) is 3. The first-order valence-corrected chi connectivity index (χ1v) is 5.34. The van der Waals surface area contributed by atoms with Gasteiger partial charge in [-0.2, -0.15) is 0 Å². The third-order valence-electron chi connectivity index (χ3n) is 2.66. The minimum atomic E-state index is -0.525. The predicted molar refractivity (Wildman–Crippen MR) is 61.6 cm³/mol. The van der Waals surface area contributed by atoms with Crippen molar-refractivity contribution in [2.45, 2.75) is 33.8 Å². The number of nitrogens with zero attached hydrogens (tertiary/aromatic N) is 1. The minimum absolute atomic E-state index is 0.104. The van der Waals surface area contributed by atoms with Crippen LogP contribution in [0.1, 0.15) is 34.4 Å². The van der Waals surface area contributed by atoms with Crippen molar-refractivity contribution in [2.24, 2.45) is 0 Å². The second kappa shape index (κ2) is 4.70. The molecule has 0 aromatic carbocycles. The Morgan fingerprint density at radius 2 is 1.94 bits per heavy atom. The standard InChI is InChI=1S/C12H19NO3/c1-7(14)6-13(5)12(15)11-8(2)9(3)16-10(11)4/h7,14H,6H2,1-5H3. The molecular weight excluding hydrogens is 206 g/mol. The van der Waals surface area contributed by atoms with Gasteiger partial charge in [0.1, 0.15) is 11.5 Å². The highest BCUT2D eigenvalue weighted by Gasteiger charge is 2.22. The fourth-order valence-corrected chi connectivity index (χ4v) is 1.78. The van der Waals surface area contributed by atoms with Gasteiger partial charge in [0.2, 0.25) is 0 Å². The van der Waals surface area contributed by atoms with Crippen LogP contribution in [-0.2, 0) is 0 Å². The summed E-state index contributed by atoms with van der Waals surface area (Å²) in [4.78, 5) is 13.6. The van der Waals surface area contributed by atoms with Crippen molar-refractivity contribution in [2.75, 3.05) is 13.6 Å². The maximum absolute atomic E-state index is 12.1. The highest BCUT2D eigenvalue weighted by Crippen LogP contribution is 2.21. The van der Waals surface area contributed by atoms with Crippen molar-refractivity contribution in [3.8, 4) is 0 Å². The minimum Gasteiger partial charge on any atom is -0.466 e. The highest BCUT2D eigenvalue weighted by atomic mass is 16.3. The summed E-state index contributed by atoms with van der Waals surface area (Å²) in [6.45, 7) is 7.47. The SMILES string of the molecule is Cc1oc(C)c(C(=O)N(C)CC(C)O)c1C. The molecule has 0 aliphatic rings. The summed E-state index contributed by atoms with van der Waals surface area (Å²) in [6, 6.07) is 0. The summed E-state index contributed by atoms with van der Waals surface area (Å²) in [6.07, 6.45) is -0.525. The molecule has 1 atom stereocenters. The zero-order valence-electron chi connectivity index (χ0n) is 10.5. The summed E-state index contributed by atoms with van der Waals surface area (Å²) >= 11 is 0. The molecule has 4 heteroatoms. The van der Waals surface area contributed by atoms with Crippen LogP contribution >= 0.6 is 0 Å². The average molecular weight is 225 g/mol. The van der Waals surface area contributed by atoms with E-state index in [4.69, 9.17) is 4.42 Å². The molecule has 90 valence electrons. The van der Waals surface area contributed by atoms with Gasteiger partial charge >= 0.3 is 0 Å². The number of rotatable bonds is 3. The van der Waals surface area contributed by atoms with Crippen LogP contribution < -0.4 is 0 Å². The zero-order chi connectivity index (χ0) is 12.5. The van der Waals surface area contributed by atoms with Gasteiger partial charge in [-0.05, 0) is 27.7 Å². The van der Waals surface area contributed by atoms with Crippen LogP contribution in [0.4, 0.5) is 0 Å². The fraction of sp³-hybridized carbons (Fsp3) is 0.583. The Bertz CT molecular complexity index is 393. The first-order valence-electron chi connectivity index (χ1n) is 5.34. The Balaban J connectivity index is 2.96. The van der Waals surface area contributed by atoms with E-state index >= 15 is 0 Å². The van der Waals surface area contributed by atoms with E-state index in [0.717, 1.165) is 11.3 Å². The number of aryl methyl sites for hydroxylation is 2. The highest BCUT2D eigenvalue weighted by molar-refractivity contribution is 5.96. The maximum atomic E-state index is 12.1. The second-order valence-corrected chi connectivity index (χ2v) is 4.25. The smallest absolute Gasteiger partial charge is 0.257 e. The lowest BCUT2D eigenvalue weighted by Gasteiger charge is -2.18. The molecule has 0 saturated carbocycles. The van der Waals surface area contributed by atoms with Gasteiger partial charge in [-0.15, -0.1) is 0 Å². The molecule has 1 heterocycles. The average Bonchev–Trinajstić information content (AvgIpc) is 2.39. The van der Waals surface area contributed by atoms with Crippen LogP contribution in [0.25, 0.3) is 0 Å². The largest absolute Gasteiger partial charge is 0.466 e. The van der Waals surface area contributed by atoms with Gasteiger partial charge in [0.25, 0.3) is 5.91 Å². The van der Waals surface area contributed by atoms with Crippen molar-refractivity contribution >= 4 is 5.91 Å². The van der Waals surface area contributed by atoms with Crippen molar-refractivity contribution in [1.82, 2.24) is 4.90 Å². The third-order valence-corrected chi connectivity index (χ3v) is 2.66. The van der Waals surface area contributed by atoms with Crippen LogP contribution in [0.3, 0.4) is 0 Å². The Morgan fingerprint density at radius 3 is 2.31 bits per heavy atom. The number of carbonyl (C=O) groups excluding carboxylic acids is 1. The molecule has 1 amide bonds. The van der Waals surface area contributed by atoms with Crippen molar-refractivity contribution in [3.05, 3.63) is 22.6 Å². The van der Waals surface area contributed by atoms with E-state index in [-0.39, 0.29) is 5.91 Å². The summed E-state index contributed by atoms with van der Waals surface area (Å²) in [7, 11) is 1.68. The number of likely N-dealkylation sites (N-methyl/N-ethyl adjacent to an activating group) is 1. The van der Waals surface area contributed by atoms with Gasteiger partial charge in [-0.1, -0.05) is 0 Å². The molecule has 0 radical (unpaired) electrons. The molecular formula is C12H19NO3. The van der Waals surface area contributed by atoms with E-state index in [0.29, 0.717) is 17.9 Å². The van der Waals surface area contributed by atoms with Crippen LogP contribution in [0.5, 0.6) is 0 Å². The van der Waals surface area contributed by atoms with Gasteiger partial charge in [0.05, 0.1) is 11.7 Å². The second-order valence-electron chi connectivity index (χ2n) is 4.25. The lowest BCUT2D eigenvalue weighted by molar-refractivity contribution is 0.0701. The zero-order valence-corrected chi connectivity index (χ0v) is 10.5. The molecule has 16 heavy (non-hydrogen) atoms. The molecule has 4 nitrogen and oxygen atoms in total. The molecule has 0 bridgehead atoms. The summed E-state index contributed by atoms with van der Waals surface area (Å²) in [5, 5.41) is 9.25. The molecule has 0 aliphatic heterocycles. The topological polar surface area (TPSA) is 53.7 Å². The van der Waals surface area contributed by atoms with E-state index in [1.165, 1.54) is 4.90 Å².